The van der Waals surface area contributed by atoms with Crippen molar-refractivity contribution >= 4 is 23.4 Å². The summed E-state index contributed by atoms with van der Waals surface area (Å²) in [5.74, 6) is 1.51. The lowest BCUT2D eigenvalue weighted by Gasteiger charge is -2.34. The summed E-state index contributed by atoms with van der Waals surface area (Å²) in [6.45, 7) is 1.42. The molecule has 0 aliphatic carbocycles. The third kappa shape index (κ3) is 2.86. The van der Waals surface area contributed by atoms with Crippen LogP contribution in [0, 0.1) is 0 Å². The third-order valence-corrected chi connectivity index (χ3v) is 4.79. The summed E-state index contributed by atoms with van der Waals surface area (Å²) < 4.78 is 2.06. The number of nitrogens with zero attached hydrogens (tertiary/aromatic N) is 4. The van der Waals surface area contributed by atoms with Crippen molar-refractivity contribution in [3.63, 3.8) is 0 Å². The molecule has 2 aliphatic heterocycles. The Morgan fingerprint density at radius 3 is 3.00 bits per heavy atom. The van der Waals surface area contributed by atoms with Gasteiger partial charge in [0.1, 0.15) is 18.2 Å². The minimum absolute atomic E-state index is 0.0132. The summed E-state index contributed by atoms with van der Waals surface area (Å²) in [6, 6.07) is 7.53. The number of aromatic nitrogens is 2. The van der Waals surface area contributed by atoms with Crippen molar-refractivity contribution in [1.29, 1.82) is 0 Å². The molecule has 7 heteroatoms. The van der Waals surface area contributed by atoms with Crippen LogP contribution in [0.5, 0.6) is 0 Å². The molecular weight excluding hydrogens is 318 g/mol. The molecular formula is C18H21N5O2. The third-order valence-electron chi connectivity index (χ3n) is 4.79. The Labute approximate surface area is 146 Å². The van der Waals surface area contributed by atoms with Gasteiger partial charge in [0.2, 0.25) is 5.91 Å². The van der Waals surface area contributed by atoms with Crippen LogP contribution in [0.2, 0.25) is 0 Å². The highest BCUT2D eigenvalue weighted by Crippen LogP contribution is 2.27. The summed E-state index contributed by atoms with van der Waals surface area (Å²) in [6.07, 6.45) is 4.88. The van der Waals surface area contributed by atoms with E-state index >= 15 is 0 Å². The first-order valence-electron chi connectivity index (χ1n) is 8.58. The van der Waals surface area contributed by atoms with Crippen LogP contribution in [0.4, 0.5) is 16.3 Å². The number of aryl methyl sites for hydroxylation is 1. The quantitative estimate of drug-likeness (QED) is 0.932. The summed E-state index contributed by atoms with van der Waals surface area (Å²) in [5.41, 5.74) is 1.84. The topological polar surface area (TPSA) is 70.5 Å². The molecule has 0 radical (unpaired) electrons. The van der Waals surface area contributed by atoms with Crippen molar-refractivity contribution in [2.75, 3.05) is 23.8 Å². The molecule has 1 N–H and O–H groups in total. The van der Waals surface area contributed by atoms with Crippen LogP contribution >= 0.6 is 0 Å². The minimum atomic E-state index is -0.216. The highest BCUT2D eigenvalue weighted by Gasteiger charge is 2.29. The zero-order valence-electron chi connectivity index (χ0n) is 14.2. The first-order chi connectivity index (χ1) is 12.1. The largest absolute Gasteiger partial charge is 0.325 e. The monoisotopic (exact) mass is 339 g/mol. The molecule has 4 rings (SSSR count). The number of imidazole rings is 1. The maximum Gasteiger partial charge on any atom is 0.325 e. The Kier molecular flexibility index (Phi) is 3.91. The number of fused-ring (bicyclic) bond motifs is 2. The summed E-state index contributed by atoms with van der Waals surface area (Å²) in [5, 5.41) is 2.91. The summed E-state index contributed by atoms with van der Waals surface area (Å²) in [4.78, 5) is 32.6. The molecule has 0 unspecified atom stereocenters. The van der Waals surface area contributed by atoms with E-state index in [9.17, 15) is 9.59 Å². The van der Waals surface area contributed by atoms with Gasteiger partial charge in [-0.05, 0) is 24.5 Å². The Hall–Kier alpha value is -2.83. The zero-order valence-corrected chi connectivity index (χ0v) is 14.2. The van der Waals surface area contributed by atoms with Crippen molar-refractivity contribution in [1.82, 2.24) is 14.5 Å². The van der Waals surface area contributed by atoms with Gasteiger partial charge in [0.15, 0.2) is 0 Å². The van der Waals surface area contributed by atoms with Gasteiger partial charge in [0.05, 0.1) is 11.9 Å². The van der Waals surface area contributed by atoms with Gasteiger partial charge in [-0.2, -0.15) is 0 Å². The van der Waals surface area contributed by atoms with Crippen LogP contribution in [-0.2, 0) is 24.3 Å². The first-order valence-corrected chi connectivity index (χ1v) is 8.58. The normalized spacial score (nSPS) is 16.4. The Bertz CT molecular complexity index is 829. The lowest BCUT2D eigenvalue weighted by Crippen LogP contribution is -2.48. The number of carbonyl (C=O) groups is 2. The molecule has 0 saturated heterocycles. The van der Waals surface area contributed by atoms with Crippen LogP contribution in [0.3, 0.4) is 0 Å². The molecule has 0 spiro atoms. The number of rotatable bonds is 3. The maximum absolute atomic E-state index is 12.6. The molecule has 2 aliphatic rings. The molecule has 0 saturated carbocycles. The molecule has 1 aromatic carbocycles. The van der Waals surface area contributed by atoms with Crippen LogP contribution in [-0.4, -0.2) is 40.0 Å². The van der Waals surface area contributed by atoms with E-state index in [1.807, 2.05) is 24.3 Å². The van der Waals surface area contributed by atoms with E-state index in [0.717, 1.165) is 42.9 Å². The standard InChI is InChI=1S/C18H21N5O2/c1-21-11-13-6-2-3-7-14(13)23(18(21)25)12-17(24)20-16-10-19-15-8-4-5-9-22(15)16/h2-3,6-7,10H,4-5,8-9,11-12H2,1H3,(H,20,24). The fourth-order valence-corrected chi connectivity index (χ4v) is 3.53. The summed E-state index contributed by atoms with van der Waals surface area (Å²) in [7, 11) is 1.75. The molecule has 2 aromatic rings. The van der Waals surface area contributed by atoms with Crippen molar-refractivity contribution in [2.24, 2.45) is 0 Å². The summed E-state index contributed by atoms with van der Waals surface area (Å²) >= 11 is 0. The van der Waals surface area contributed by atoms with E-state index in [2.05, 4.69) is 14.9 Å². The molecule has 25 heavy (non-hydrogen) atoms. The van der Waals surface area contributed by atoms with Crippen molar-refractivity contribution in [2.45, 2.75) is 32.4 Å². The van der Waals surface area contributed by atoms with Gasteiger partial charge < -0.3 is 14.8 Å². The Balaban J connectivity index is 1.52. The first kappa shape index (κ1) is 15.7. The van der Waals surface area contributed by atoms with Gasteiger partial charge in [-0.25, -0.2) is 9.78 Å². The molecule has 7 nitrogen and oxygen atoms in total. The molecule has 0 atom stereocenters. The van der Waals surface area contributed by atoms with E-state index in [4.69, 9.17) is 0 Å². The van der Waals surface area contributed by atoms with Crippen LogP contribution in [0.15, 0.2) is 30.5 Å². The van der Waals surface area contributed by atoms with E-state index < -0.39 is 0 Å². The SMILES string of the molecule is CN1Cc2ccccc2N(CC(=O)Nc2cnc3n2CCCC3)C1=O. The van der Waals surface area contributed by atoms with Gasteiger partial charge in [-0.15, -0.1) is 0 Å². The lowest BCUT2D eigenvalue weighted by atomic mass is 10.1. The fourth-order valence-electron chi connectivity index (χ4n) is 3.53. The van der Waals surface area contributed by atoms with Crippen molar-refractivity contribution in [3.8, 4) is 0 Å². The second-order valence-electron chi connectivity index (χ2n) is 6.57. The van der Waals surface area contributed by atoms with E-state index in [0.29, 0.717) is 12.4 Å². The second-order valence-corrected chi connectivity index (χ2v) is 6.57. The van der Waals surface area contributed by atoms with E-state index in [1.54, 1.807) is 18.1 Å². The predicted octanol–water partition coefficient (Wildman–Crippen LogP) is 2.23. The zero-order chi connectivity index (χ0) is 17.4. The molecule has 130 valence electrons. The number of carbonyl (C=O) groups excluding carboxylic acids is 2. The maximum atomic E-state index is 12.6. The molecule has 1 aromatic heterocycles. The predicted molar refractivity (Wildman–Crippen MR) is 94.4 cm³/mol. The number of para-hydroxylation sites is 1. The minimum Gasteiger partial charge on any atom is -0.323 e. The van der Waals surface area contributed by atoms with Crippen LogP contribution in [0.1, 0.15) is 24.2 Å². The molecule has 3 amide bonds. The van der Waals surface area contributed by atoms with Crippen LogP contribution in [0.25, 0.3) is 0 Å². The second kappa shape index (κ2) is 6.23. The number of amides is 3. The number of urea groups is 1. The molecule has 0 fully saturated rings. The number of hydrogen-bond acceptors (Lipinski definition) is 3. The van der Waals surface area contributed by atoms with Gasteiger partial charge in [-0.1, -0.05) is 18.2 Å². The fraction of sp³-hybridized carbons (Fsp3) is 0.389. The van der Waals surface area contributed by atoms with E-state index in [1.165, 1.54) is 4.90 Å². The highest BCUT2D eigenvalue weighted by atomic mass is 16.2. The average Bonchev–Trinajstić information content (AvgIpc) is 3.02. The Morgan fingerprint density at radius 1 is 1.28 bits per heavy atom. The highest BCUT2D eigenvalue weighted by molar-refractivity contribution is 6.03. The number of anilines is 2. The van der Waals surface area contributed by atoms with Gasteiger partial charge in [0.25, 0.3) is 0 Å². The van der Waals surface area contributed by atoms with Crippen molar-refractivity contribution in [3.05, 3.63) is 41.9 Å². The number of nitrogens with one attached hydrogen (secondary N) is 1. The van der Waals surface area contributed by atoms with Gasteiger partial charge in [-0.3, -0.25) is 9.69 Å². The van der Waals surface area contributed by atoms with E-state index in [-0.39, 0.29) is 18.5 Å². The average molecular weight is 339 g/mol. The molecule has 0 bridgehead atoms. The van der Waals surface area contributed by atoms with Gasteiger partial charge >= 0.3 is 6.03 Å². The molecule has 3 heterocycles. The smallest absolute Gasteiger partial charge is 0.323 e. The lowest BCUT2D eigenvalue weighted by molar-refractivity contribution is -0.115. The van der Waals surface area contributed by atoms with Gasteiger partial charge in [0, 0.05) is 26.6 Å². The Morgan fingerprint density at radius 2 is 2.12 bits per heavy atom. The van der Waals surface area contributed by atoms with Crippen LogP contribution < -0.4 is 10.2 Å². The number of hydrogen-bond donors (Lipinski definition) is 1. The van der Waals surface area contributed by atoms with Crippen molar-refractivity contribution < 1.29 is 9.59 Å². The number of benzene rings is 1.